The lowest BCUT2D eigenvalue weighted by molar-refractivity contribution is 0.372. The van der Waals surface area contributed by atoms with Gasteiger partial charge in [0.15, 0.2) is 0 Å². The molecule has 0 unspecified atom stereocenters. The summed E-state index contributed by atoms with van der Waals surface area (Å²) in [5, 5.41) is 10.2. The molecule has 4 nitrogen and oxygen atoms in total. The Morgan fingerprint density at radius 2 is 2.40 bits per heavy atom. The van der Waals surface area contributed by atoms with E-state index in [1.807, 2.05) is 6.07 Å². The highest BCUT2D eigenvalue weighted by Crippen LogP contribution is 2.09. The lowest BCUT2D eigenvalue weighted by Crippen LogP contribution is -2.12. The second-order valence-corrected chi connectivity index (χ2v) is 4.11. The summed E-state index contributed by atoms with van der Waals surface area (Å²) < 4.78 is 4.97. The van der Waals surface area contributed by atoms with E-state index < -0.39 is 0 Å². The number of hydrogen-bond donors (Lipinski definition) is 1. The van der Waals surface area contributed by atoms with E-state index in [1.165, 1.54) is 5.01 Å². The van der Waals surface area contributed by atoms with Crippen molar-refractivity contribution < 1.29 is 4.52 Å². The fourth-order valence-electron chi connectivity index (χ4n) is 1.24. The fourth-order valence-corrected chi connectivity index (χ4v) is 1.98. The maximum absolute atomic E-state index is 4.97. The van der Waals surface area contributed by atoms with Gasteiger partial charge in [0.2, 0.25) is 0 Å². The monoisotopic (exact) mass is 223 g/mol. The molecule has 0 bridgehead atoms. The first-order valence-electron chi connectivity index (χ1n) is 4.92. The average Bonchev–Trinajstić information content (AvgIpc) is 2.88. The summed E-state index contributed by atoms with van der Waals surface area (Å²) in [6, 6.07) is 1.85. The zero-order valence-electron chi connectivity index (χ0n) is 8.56. The lowest BCUT2D eigenvalue weighted by Gasteiger charge is -1.97. The van der Waals surface area contributed by atoms with Crippen LogP contribution >= 0.6 is 11.3 Å². The third-order valence-corrected chi connectivity index (χ3v) is 3.04. The van der Waals surface area contributed by atoms with Crippen molar-refractivity contribution >= 4 is 11.3 Å². The van der Waals surface area contributed by atoms with Crippen molar-refractivity contribution in [1.29, 1.82) is 0 Å². The zero-order valence-corrected chi connectivity index (χ0v) is 9.38. The molecule has 80 valence electrons. The standard InChI is InChI=1S/C10H13N3OS/c1-2-10-13-8(7-15-10)5-11-6-9-3-4-12-14-9/h3-4,7,11H,2,5-6H2,1H3. The van der Waals surface area contributed by atoms with E-state index in [0.29, 0.717) is 6.54 Å². The van der Waals surface area contributed by atoms with E-state index in [9.17, 15) is 0 Å². The molecule has 5 heteroatoms. The molecule has 0 aromatic carbocycles. The molecule has 0 amide bonds. The average molecular weight is 223 g/mol. The van der Waals surface area contributed by atoms with Crippen LogP contribution in [-0.2, 0) is 19.5 Å². The second-order valence-electron chi connectivity index (χ2n) is 3.17. The maximum atomic E-state index is 4.97. The van der Waals surface area contributed by atoms with Crippen molar-refractivity contribution in [3.05, 3.63) is 34.1 Å². The van der Waals surface area contributed by atoms with E-state index in [1.54, 1.807) is 17.5 Å². The van der Waals surface area contributed by atoms with E-state index in [0.717, 1.165) is 24.4 Å². The topological polar surface area (TPSA) is 51.0 Å². The van der Waals surface area contributed by atoms with Gasteiger partial charge >= 0.3 is 0 Å². The first kappa shape index (κ1) is 10.3. The number of nitrogens with one attached hydrogen (secondary N) is 1. The molecule has 0 aliphatic carbocycles. The molecule has 2 heterocycles. The van der Waals surface area contributed by atoms with Gasteiger partial charge in [0.25, 0.3) is 0 Å². The molecule has 2 aromatic heterocycles. The number of hydrogen-bond acceptors (Lipinski definition) is 5. The molecular formula is C10H13N3OS. The van der Waals surface area contributed by atoms with E-state index in [-0.39, 0.29) is 0 Å². The van der Waals surface area contributed by atoms with Gasteiger partial charge < -0.3 is 9.84 Å². The van der Waals surface area contributed by atoms with Gasteiger partial charge in [0.05, 0.1) is 23.4 Å². The predicted molar refractivity (Wildman–Crippen MR) is 58.5 cm³/mol. The molecule has 15 heavy (non-hydrogen) atoms. The quantitative estimate of drug-likeness (QED) is 0.842. The first-order valence-corrected chi connectivity index (χ1v) is 5.80. The third kappa shape index (κ3) is 2.87. The van der Waals surface area contributed by atoms with Gasteiger partial charge in [-0.3, -0.25) is 0 Å². The van der Waals surface area contributed by atoms with E-state index in [4.69, 9.17) is 4.52 Å². The Morgan fingerprint density at radius 3 is 3.07 bits per heavy atom. The van der Waals surface area contributed by atoms with E-state index in [2.05, 4.69) is 27.8 Å². The fraction of sp³-hybridized carbons (Fsp3) is 0.400. The van der Waals surface area contributed by atoms with Gasteiger partial charge in [-0.05, 0) is 6.42 Å². The SMILES string of the molecule is CCc1nc(CNCc2ccno2)cs1. The number of rotatable bonds is 5. The molecule has 0 fully saturated rings. The van der Waals surface area contributed by atoms with Gasteiger partial charge in [-0.25, -0.2) is 4.98 Å². The third-order valence-electron chi connectivity index (χ3n) is 2.00. The van der Waals surface area contributed by atoms with Crippen molar-refractivity contribution in [2.75, 3.05) is 0 Å². The van der Waals surface area contributed by atoms with Crippen LogP contribution in [0.25, 0.3) is 0 Å². The summed E-state index contributed by atoms with van der Waals surface area (Å²) in [7, 11) is 0. The Bertz CT molecular complexity index is 396. The van der Waals surface area contributed by atoms with Crippen LogP contribution in [0.2, 0.25) is 0 Å². The molecular weight excluding hydrogens is 210 g/mol. The summed E-state index contributed by atoms with van der Waals surface area (Å²) in [4.78, 5) is 4.46. The largest absolute Gasteiger partial charge is 0.360 e. The molecule has 0 aliphatic rings. The first-order chi connectivity index (χ1) is 7.38. The van der Waals surface area contributed by atoms with Crippen molar-refractivity contribution in [3.63, 3.8) is 0 Å². The Morgan fingerprint density at radius 1 is 1.47 bits per heavy atom. The van der Waals surface area contributed by atoms with Crippen molar-refractivity contribution in [3.8, 4) is 0 Å². The van der Waals surface area contributed by atoms with Crippen molar-refractivity contribution in [1.82, 2.24) is 15.5 Å². The van der Waals surface area contributed by atoms with Crippen molar-refractivity contribution in [2.45, 2.75) is 26.4 Å². The minimum atomic E-state index is 0.693. The van der Waals surface area contributed by atoms with E-state index >= 15 is 0 Å². The Hall–Kier alpha value is -1.20. The molecule has 2 rings (SSSR count). The van der Waals surface area contributed by atoms with Crippen LogP contribution in [0.1, 0.15) is 23.4 Å². The lowest BCUT2D eigenvalue weighted by atomic mass is 10.4. The smallest absolute Gasteiger partial charge is 0.150 e. The van der Waals surface area contributed by atoms with Gasteiger partial charge in [-0.2, -0.15) is 0 Å². The summed E-state index contributed by atoms with van der Waals surface area (Å²) in [5.41, 5.74) is 1.09. The van der Waals surface area contributed by atoms with Crippen LogP contribution in [0, 0.1) is 0 Å². The molecule has 0 radical (unpaired) electrons. The summed E-state index contributed by atoms with van der Waals surface area (Å²) in [6.07, 6.45) is 2.65. The summed E-state index contributed by atoms with van der Waals surface area (Å²) in [6.45, 7) is 3.58. The Kier molecular flexibility index (Phi) is 3.47. The predicted octanol–water partition coefficient (Wildman–Crippen LogP) is 1.98. The van der Waals surface area contributed by atoms with Gasteiger partial charge in [0, 0.05) is 18.0 Å². The molecule has 1 N–H and O–H groups in total. The number of nitrogens with zero attached hydrogens (tertiary/aromatic N) is 2. The molecule has 0 saturated heterocycles. The molecule has 0 aliphatic heterocycles. The Balaban J connectivity index is 1.78. The Labute approximate surface area is 92.3 Å². The molecule has 0 atom stereocenters. The van der Waals surface area contributed by atoms with Crippen molar-refractivity contribution in [2.24, 2.45) is 0 Å². The maximum Gasteiger partial charge on any atom is 0.150 e. The highest BCUT2D eigenvalue weighted by atomic mass is 32.1. The highest BCUT2D eigenvalue weighted by molar-refractivity contribution is 7.09. The van der Waals surface area contributed by atoms with Crippen LogP contribution in [0.3, 0.4) is 0 Å². The number of thiazole rings is 1. The number of aryl methyl sites for hydroxylation is 1. The normalized spacial score (nSPS) is 10.7. The molecule has 2 aromatic rings. The highest BCUT2D eigenvalue weighted by Gasteiger charge is 2.00. The van der Waals surface area contributed by atoms with Gasteiger partial charge in [-0.15, -0.1) is 11.3 Å². The van der Waals surface area contributed by atoms with Crippen LogP contribution in [0.15, 0.2) is 22.2 Å². The second kappa shape index (κ2) is 5.04. The minimum Gasteiger partial charge on any atom is -0.360 e. The van der Waals surface area contributed by atoms with Crippen LogP contribution in [0.4, 0.5) is 0 Å². The zero-order chi connectivity index (χ0) is 10.5. The summed E-state index contributed by atoms with van der Waals surface area (Å²) >= 11 is 1.71. The van der Waals surface area contributed by atoms with Gasteiger partial charge in [-0.1, -0.05) is 12.1 Å². The summed E-state index contributed by atoms with van der Waals surface area (Å²) in [5.74, 6) is 0.848. The molecule has 0 saturated carbocycles. The van der Waals surface area contributed by atoms with Crippen LogP contribution < -0.4 is 5.32 Å². The van der Waals surface area contributed by atoms with Crippen LogP contribution in [-0.4, -0.2) is 10.1 Å². The van der Waals surface area contributed by atoms with Gasteiger partial charge in [0.1, 0.15) is 5.76 Å². The molecule has 0 spiro atoms. The minimum absolute atomic E-state index is 0.693. The van der Waals surface area contributed by atoms with Crippen LogP contribution in [0.5, 0.6) is 0 Å². The number of aromatic nitrogens is 2.